The van der Waals surface area contributed by atoms with Crippen molar-refractivity contribution in [2.24, 2.45) is 0 Å². The van der Waals surface area contributed by atoms with Gasteiger partial charge in [0.15, 0.2) is 0 Å². The molecule has 2 heterocycles. The zero-order chi connectivity index (χ0) is 20.9. The number of amides is 1. The molecule has 5 heteroatoms. The number of benzene rings is 2. The van der Waals surface area contributed by atoms with Crippen LogP contribution < -0.4 is 9.64 Å². The van der Waals surface area contributed by atoms with Gasteiger partial charge in [0.1, 0.15) is 5.75 Å². The Kier molecular flexibility index (Phi) is 6.19. The summed E-state index contributed by atoms with van der Waals surface area (Å²) in [7, 11) is 1.61. The van der Waals surface area contributed by atoms with Crippen molar-refractivity contribution in [3.63, 3.8) is 0 Å². The number of hydrogen-bond acceptors (Lipinski definition) is 4. The summed E-state index contributed by atoms with van der Waals surface area (Å²) in [5.74, 6) is 0.601. The Balaban J connectivity index is 1.58. The van der Waals surface area contributed by atoms with Crippen LogP contribution in [-0.2, 0) is 6.54 Å². The number of aryl methyl sites for hydroxylation is 1. The summed E-state index contributed by atoms with van der Waals surface area (Å²) >= 11 is 0. The van der Waals surface area contributed by atoms with Gasteiger partial charge in [0.2, 0.25) is 0 Å². The molecule has 4 rings (SSSR count). The third-order valence-electron chi connectivity index (χ3n) is 5.74. The monoisotopic (exact) mass is 404 g/mol. The summed E-state index contributed by atoms with van der Waals surface area (Å²) in [6.07, 6.45) is 5.36. The molecule has 1 aromatic heterocycles. The molecule has 0 unspecified atom stereocenters. The second kappa shape index (κ2) is 9.18. The molecule has 0 bridgehead atoms. The molecule has 0 spiro atoms. The van der Waals surface area contributed by atoms with Crippen molar-refractivity contribution in [3.05, 3.63) is 83.8 Å². The fraction of sp³-hybridized carbons (Fsp3) is 0.320. The molecule has 1 aliphatic heterocycles. The summed E-state index contributed by atoms with van der Waals surface area (Å²) in [6.45, 7) is 4.83. The van der Waals surface area contributed by atoms with Crippen LogP contribution in [0.25, 0.3) is 0 Å². The first kappa shape index (κ1) is 20.2. The number of likely N-dealkylation sites (tertiary alicyclic amines) is 1. The lowest BCUT2D eigenvalue weighted by molar-refractivity contribution is 0.0955. The fourth-order valence-corrected chi connectivity index (χ4v) is 4.20. The van der Waals surface area contributed by atoms with Gasteiger partial charge in [0, 0.05) is 36.9 Å². The van der Waals surface area contributed by atoms with E-state index in [4.69, 9.17) is 9.15 Å². The van der Waals surface area contributed by atoms with E-state index in [1.807, 2.05) is 47.4 Å². The van der Waals surface area contributed by atoms with Crippen molar-refractivity contribution < 1.29 is 13.9 Å². The van der Waals surface area contributed by atoms with Gasteiger partial charge in [-0.05, 0) is 55.7 Å². The van der Waals surface area contributed by atoms with Crippen molar-refractivity contribution in [3.8, 4) is 5.75 Å². The zero-order valence-corrected chi connectivity index (χ0v) is 17.6. The van der Waals surface area contributed by atoms with E-state index in [-0.39, 0.29) is 11.9 Å². The van der Waals surface area contributed by atoms with E-state index in [0.717, 1.165) is 43.7 Å². The fourth-order valence-electron chi connectivity index (χ4n) is 4.20. The maximum atomic E-state index is 13.7. The molecular weight excluding hydrogens is 376 g/mol. The largest absolute Gasteiger partial charge is 0.496 e. The van der Waals surface area contributed by atoms with E-state index in [1.54, 1.807) is 19.6 Å². The van der Waals surface area contributed by atoms with Crippen molar-refractivity contribution in [1.82, 2.24) is 4.90 Å². The average molecular weight is 405 g/mol. The molecular formula is C25H28N2O3. The second-order valence-corrected chi connectivity index (χ2v) is 7.85. The van der Waals surface area contributed by atoms with Gasteiger partial charge in [-0.3, -0.25) is 9.69 Å². The van der Waals surface area contributed by atoms with E-state index in [1.165, 1.54) is 5.56 Å². The first-order chi connectivity index (χ1) is 14.7. The molecule has 0 aliphatic carbocycles. The number of nitrogens with zero attached hydrogens (tertiary/aromatic N) is 2. The lowest BCUT2D eigenvalue weighted by atomic mass is 9.99. The van der Waals surface area contributed by atoms with Gasteiger partial charge in [-0.1, -0.05) is 24.3 Å². The number of rotatable bonds is 6. The lowest BCUT2D eigenvalue weighted by Gasteiger charge is -2.38. The van der Waals surface area contributed by atoms with Gasteiger partial charge >= 0.3 is 0 Å². The van der Waals surface area contributed by atoms with Gasteiger partial charge < -0.3 is 14.1 Å². The number of hydrogen-bond donors (Lipinski definition) is 0. The number of anilines is 1. The minimum atomic E-state index is -0.00802. The zero-order valence-electron chi connectivity index (χ0n) is 17.6. The molecule has 156 valence electrons. The predicted molar refractivity (Wildman–Crippen MR) is 118 cm³/mol. The highest BCUT2D eigenvalue weighted by atomic mass is 16.5. The summed E-state index contributed by atoms with van der Waals surface area (Å²) in [5, 5.41) is 0. The first-order valence-corrected chi connectivity index (χ1v) is 10.4. The molecule has 0 saturated carbocycles. The van der Waals surface area contributed by atoms with Crippen LogP contribution in [-0.4, -0.2) is 37.0 Å². The van der Waals surface area contributed by atoms with Gasteiger partial charge in [-0.2, -0.15) is 0 Å². The maximum Gasteiger partial charge on any atom is 0.262 e. The first-order valence-electron chi connectivity index (χ1n) is 10.4. The smallest absolute Gasteiger partial charge is 0.262 e. The van der Waals surface area contributed by atoms with Crippen LogP contribution in [0.3, 0.4) is 0 Å². The Morgan fingerprint density at radius 3 is 2.63 bits per heavy atom. The molecule has 0 atom stereocenters. The van der Waals surface area contributed by atoms with Crippen LogP contribution in [0.1, 0.15) is 34.3 Å². The second-order valence-electron chi connectivity index (χ2n) is 7.85. The maximum absolute atomic E-state index is 13.7. The Bertz CT molecular complexity index is 976. The van der Waals surface area contributed by atoms with E-state index >= 15 is 0 Å². The third-order valence-corrected chi connectivity index (χ3v) is 5.74. The highest BCUT2D eigenvalue weighted by Crippen LogP contribution is 2.29. The summed E-state index contributed by atoms with van der Waals surface area (Å²) in [6, 6.07) is 17.8. The van der Waals surface area contributed by atoms with Crippen LogP contribution in [0.15, 0.2) is 71.5 Å². The quantitative estimate of drug-likeness (QED) is 0.586. The normalized spacial score (nSPS) is 15.1. The van der Waals surface area contributed by atoms with Crippen LogP contribution in [0, 0.1) is 6.92 Å². The minimum absolute atomic E-state index is 0.00802. The summed E-state index contributed by atoms with van der Waals surface area (Å²) in [4.78, 5) is 18.1. The Morgan fingerprint density at radius 2 is 1.93 bits per heavy atom. The van der Waals surface area contributed by atoms with E-state index in [0.29, 0.717) is 11.3 Å². The number of carbonyl (C=O) groups is 1. The number of piperidine rings is 1. The number of para-hydroxylation sites is 1. The Labute approximate surface area is 177 Å². The molecule has 1 amide bonds. The summed E-state index contributed by atoms with van der Waals surface area (Å²) < 4.78 is 10.7. The van der Waals surface area contributed by atoms with Gasteiger partial charge in [-0.25, -0.2) is 0 Å². The highest BCUT2D eigenvalue weighted by Gasteiger charge is 2.31. The molecule has 3 aromatic rings. The van der Waals surface area contributed by atoms with Crippen LogP contribution >= 0.6 is 0 Å². The lowest BCUT2D eigenvalue weighted by Crippen LogP contribution is -2.47. The molecule has 0 radical (unpaired) electrons. The van der Waals surface area contributed by atoms with Gasteiger partial charge in [0.25, 0.3) is 5.91 Å². The third kappa shape index (κ3) is 4.41. The molecule has 1 saturated heterocycles. The van der Waals surface area contributed by atoms with Crippen LogP contribution in [0.5, 0.6) is 5.75 Å². The van der Waals surface area contributed by atoms with Crippen molar-refractivity contribution >= 4 is 11.6 Å². The highest BCUT2D eigenvalue weighted by molar-refractivity contribution is 6.08. The average Bonchev–Trinajstić information content (AvgIpc) is 3.28. The molecule has 0 N–H and O–H groups in total. The number of carbonyl (C=O) groups excluding carboxylic acids is 1. The molecule has 1 fully saturated rings. The summed E-state index contributed by atoms with van der Waals surface area (Å²) in [5.41, 5.74) is 3.87. The Morgan fingerprint density at radius 1 is 1.13 bits per heavy atom. The standard InChI is InChI=1S/C25H28N2O3/c1-19-6-5-7-22(16-19)27(25(28)23-8-3-4-9-24(23)29-2)21-10-13-26(14-11-21)17-20-12-15-30-18-20/h3-9,12,15-16,18,21H,10-11,13-14,17H2,1-2H3. The molecule has 2 aromatic carbocycles. The predicted octanol–water partition coefficient (Wildman–Crippen LogP) is 4.91. The molecule has 1 aliphatic rings. The SMILES string of the molecule is COc1ccccc1C(=O)N(c1cccc(C)c1)C1CCN(Cc2ccoc2)CC1. The van der Waals surface area contributed by atoms with E-state index in [9.17, 15) is 4.79 Å². The number of furan rings is 1. The van der Waals surface area contributed by atoms with Gasteiger partial charge in [-0.15, -0.1) is 0 Å². The Hall–Kier alpha value is -3.05. The topological polar surface area (TPSA) is 45.9 Å². The van der Waals surface area contributed by atoms with Crippen molar-refractivity contribution in [2.75, 3.05) is 25.1 Å². The van der Waals surface area contributed by atoms with Crippen molar-refractivity contribution in [2.45, 2.75) is 32.4 Å². The van der Waals surface area contributed by atoms with Crippen molar-refractivity contribution in [1.29, 1.82) is 0 Å². The van der Waals surface area contributed by atoms with E-state index < -0.39 is 0 Å². The van der Waals surface area contributed by atoms with Crippen LogP contribution in [0.4, 0.5) is 5.69 Å². The minimum Gasteiger partial charge on any atom is -0.496 e. The van der Waals surface area contributed by atoms with Crippen LogP contribution in [0.2, 0.25) is 0 Å². The molecule has 5 nitrogen and oxygen atoms in total. The molecule has 30 heavy (non-hydrogen) atoms. The van der Waals surface area contributed by atoms with E-state index in [2.05, 4.69) is 24.0 Å². The number of methoxy groups -OCH3 is 1. The van der Waals surface area contributed by atoms with Gasteiger partial charge in [0.05, 0.1) is 25.2 Å². The number of ether oxygens (including phenoxy) is 1.